The van der Waals surface area contributed by atoms with Crippen molar-refractivity contribution >= 4 is 17.5 Å². The molecule has 5 heteroatoms. The highest BCUT2D eigenvalue weighted by atomic mass is 35.5. The van der Waals surface area contributed by atoms with Gasteiger partial charge in [0.2, 0.25) is 5.91 Å². The summed E-state index contributed by atoms with van der Waals surface area (Å²) in [5, 5.41) is 0.749. The standard InChI is InChI=1S/C17H23ClN2O2/c1-22-15-7-6-13(16(18)10-15)11-19-8-2-4-14(12-19)20-9-3-5-17(20)21/h6-7,10,14H,2-5,8-9,11-12H2,1H3. The van der Waals surface area contributed by atoms with Gasteiger partial charge in [-0.3, -0.25) is 9.69 Å². The van der Waals surface area contributed by atoms with E-state index in [-0.39, 0.29) is 0 Å². The van der Waals surface area contributed by atoms with E-state index in [4.69, 9.17) is 16.3 Å². The molecule has 0 bridgehead atoms. The highest BCUT2D eigenvalue weighted by molar-refractivity contribution is 6.31. The van der Waals surface area contributed by atoms with Crippen molar-refractivity contribution in [1.29, 1.82) is 0 Å². The van der Waals surface area contributed by atoms with Crippen LogP contribution in [-0.4, -0.2) is 48.5 Å². The van der Waals surface area contributed by atoms with Gasteiger partial charge in [0.05, 0.1) is 7.11 Å². The van der Waals surface area contributed by atoms with Crippen LogP contribution in [0.15, 0.2) is 18.2 Å². The molecule has 4 nitrogen and oxygen atoms in total. The molecular formula is C17H23ClN2O2. The first-order valence-corrected chi connectivity index (χ1v) is 8.39. The second kappa shape index (κ2) is 6.88. The molecule has 3 rings (SSSR count). The number of methoxy groups -OCH3 is 1. The Balaban J connectivity index is 1.64. The van der Waals surface area contributed by atoms with Crippen LogP contribution < -0.4 is 4.74 Å². The summed E-state index contributed by atoms with van der Waals surface area (Å²) in [5.74, 6) is 1.11. The number of carbonyl (C=O) groups is 1. The average molecular weight is 323 g/mol. The number of benzene rings is 1. The molecule has 0 aliphatic carbocycles. The zero-order valence-corrected chi connectivity index (χ0v) is 13.8. The molecule has 2 aliphatic heterocycles. The molecule has 0 spiro atoms. The summed E-state index contributed by atoms with van der Waals surface area (Å²) >= 11 is 6.34. The summed E-state index contributed by atoms with van der Waals surface area (Å²) in [4.78, 5) is 16.4. The third-order valence-corrected chi connectivity index (χ3v) is 5.04. The van der Waals surface area contributed by atoms with Crippen LogP contribution in [0.5, 0.6) is 5.75 Å². The number of nitrogens with zero attached hydrogens (tertiary/aromatic N) is 2. The Bertz CT molecular complexity index is 549. The number of ether oxygens (including phenoxy) is 1. The minimum absolute atomic E-state index is 0.328. The number of rotatable bonds is 4. The van der Waals surface area contributed by atoms with E-state index in [1.807, 2.05) is 18.2 Å². The number of carbonyl (C=O) groups excluding carboxylic acids is 1. The summed E-state index contributed by atoms with van der Waals surface area (Å²) in [5.41, 5.74) is 1.12. The largest absolute Gasteiger partial charge is 0.497 e. The Labute approximate surface area is 137 Å². The molecule has 1 atom stereocenters. The van der Waals surface area contributed by atoms with E-state index in [1.165, 1.54) is 0 Å². The van der Waals surface area contributed by atoms with Crippen LogP contribution in [0.4, 0.5) is 0 Å². The van der Waals surface area contributed by atoms with Crippen molar-refractivity contribution < 1.29 is 9.53 Å². The summed E-state index contributed by atoms with van der Waals surface area (Å²) in [6, 6.07) is 6.22. The van der Waals surface area contributed by atoms with E-state index in [2.05, 4.69) is 9.80 Å². The summed E-state index contributed by atoms with van der Waals surface area (Å²) in [6.07, 6.45) is 4.00. The average Bonchev–Trinajstić information content (AvgIpc) is 2.96. The number of amides is 1. The second-order valence-corrected chi connectivity index (χ2v) is 6.59. The molecule has 1 aromatic rings. The fourth-order valence-electron chi connectivity index (χ4n) is 3.51. The molecule has 2 fully saturated rings. The van der Waals surface area contributed by atoms with E-state index >= 15 is 0 Å². The summed E-state index contributed by atoms with van der Waals surface area (Å²) in [6.45, 7) is 3.79. The van der Waals surface area contributed by atoms with Crippen molar-refractivity contribution in [3.8, 4) is 5.75 Å². The van der Waals surface area contributed by atoms with Crippen molar-refractivity contribution in [2.45, 2.75) is 38.3 Å². The second-order valence-electron chi connectivity index (χ2n) is 6.18. The number of hydrogen-bond donors (Lipinski definition) is 0. The molecule has 1 amide bonds. The van der Waals surface area contributed by atoms with Gasteiger partial charge in [-0.05, 0) is 43.5 Å². The van der Waals surface area contributed by atoms with Gasteiger partial charge >= 0.3 is 0 Å². The van der Waals surface area contributed by atoms with Crippen LogP contribution >= 0.6 is 11.6 Å². The van der Waals surface area contributed by atoms with Crippen molar-refractivity contribution in [3.05, 3.63) is 28.8 Å². The maximum Gasteiger partial charge on any atom is 0.222 e. The molecule has 22 heavy (non-hydrogen) atoms. The van der Waals surface area contributed by atoms with Gasteiger partial charge < -0.3 is 9.64 Å². The van der Waals surface area contributed by atoms with Crippen molar-refractivity contribution in [2.75, 3.05) is 26.7 Å². The Morgan fingerprint density at radius 1 is 1.32 bits per heavy atom. The molecule has 2 aliphatic rings. The van der Waals surface area contributed by atoms with E-state index in [0.717, 1.165) is 68.2 Å². The topological polar surface area (TPSA) is 32.8 Å². The predicted octanol–water partition coefficient (Wildman–Crippen LogP) is 2.94. The fraction of sp³-hybridized carbons (Fsp3) is 0.588. The summed E-state index contributed by atoms with van der Waals surface area (Å²) < 4.78 is 5.19. The number of likely N-dealkylation sites (tertiary alicyclic amines) is 2. The SMILES string of the molecule is COc1ccc(CN2CCCC(N3CCCC3=O)C2)c(Cl)c1. The number of halogens is 1. The molecular weight excluding hydrogens is 300 g/mol. The lowest BCUT2D eigenvalue weighted by Gasteiger charge is -2.37. The van der Waals surface area contributed by atoms with Gasteiger partial charge in [0.1, 0.15) is 5.75 Å². The predicted molar refractivity (Wildman–Crippen MR) is 87.3 cm³/mol. The van der Waals surface area contributed by atoms with Crippen LogP contribution in [0.3, 0.4) is 0 Å². The van der Waals surface area contributed by atoms with Gasteiger partial charge in [0.25, 0.3) is 0 Å². The molecule has 2 heterocycles. The smallest absolute Gasteiger partial charge is 0.222 e. The van der Waals surface area contributed by atoms with Crippen LogP contribution in [-0.2, 0) is 11.3 Å². The lowest BCUT2D eigenvalue weighted by Crippen LogP contribution is -2.48. The molecule has 0 radical (unpaired) electrons. The van der Waals surface area contributed by atoms with Gasteiger partial charge in [-0.15, -0.1) is 0 Å². The molecule has 0 saturated carbocycles. The molecule has 120 valence electrons. The van der Waals surface area contributed by atoms with Gasteiger partial charge in [0.15, 0.2) is 0 Å². The van der Waals surface area contributed by atoms with E-state index in [9.17, 15) is 4.79 Å². The van der Waals surface area contributed by atoms with E-state index in [1.54, 1.807) is 7.11 Å². The first-order valence-electron chi connectivity index (χ1n) is 8.01. The van der Waals surface area contributed by atoms with Crippen LogP contribution in [0.1, 0.15) is 31.2 Å². The van der Waals surface area contributed by atoms with Gasteiger partial charge in [-0.25, -0.2) is 0 Å². The monoisotopic (exact) mass is 322 g/mol. The van der Waals surface area contributed by atoms with Crippen LogP contribution in [0.25, 0.3) is 0 Å². The Morgan fingerprint density at radius 2 is 2.18 bits per heavy atom. The van der Waals surface area contributed by atoms with Gasteiger partial charge in [0, 0.05) is 37.1 Å². The molecule has 2 saturated heterocycles. The highest BCUT2D eigenvalue weighted by Crippen LogP contribution is 2.26. The third-order valence-electron chi connectivity index (χ3n) is 4.69. The molecule has 1 unspecified atom stereocenters. The Kier molecular flexibility index (Phi) is 4.89. The number of hydrogen-bond acceptors (Lipinski definition) is 3. The minimum atomic E-state index is 0.328. The molecule has 1 aromatic carbocycles. The first-order chi connectivity index (χ1) is 10.7. The maximum absolute atomic E-state index is 11.9. The minimum Gasteiger partial charge on any atom is -0.497 e. The normalized spacial score (nSPS) is 23.1. The third kappa shape index (κ3) is 3.39. The first kappa shape index (κ1) is 15.6. The van der Waals surface area contributed by atoms with E-state index in [0.29, 0.717) is 11.9 Å². The maximum atomic E-state index is 11.9. The zero-order chi connectivity index (χ0) is 15.5. The Morgan fingerprint density at radius 3 is 2.86 bits per heavy atom. The van der Waals surface area contributed by atoms with Gasteiger partial charge in [-0.2, -0.15) is 0 Å². The highest BCUT2D eigenvalue weighted by Gasteiger charge is 2.31. The van der Waals surface area contributed by atoms with Gasteiger partial charge in [-0.1, -0.05) is 17.7 Å². The lowest BCUT2D eigenvalue weighted by atomic mass is 10.0. The van der Waals surface area contributed by atoms with Crippen LogP contribution in [0.2, 0.25) is 5.02 Å². The van der Waals surface area contributed by atoms with Crippen molar-refractivity contribution in [2.24, 2.45) is 0 Å². The van der Waals surface area contributed by atoms with Crippen molar-refractivity contribution in [3.63, 3.8) is 0 Å². The molecule has 0 aromatic heterocycles. The quantitative estimate of drug-likeness (QED) is 0.854. The zero-order valence-electron chi connectivity index (χ0n) is 13.1. The van der Waals surface area contributed by atoms with Crippen LogP contribution in [0, 0.1) is 0 Å². The number of piperidine rings is 1. The molecule has 0 N–H and O–H groups in total. The summed E-state index contributed by atoms with van der Waals surface area (Å²) in [7, 11) is 1.65. The van der Waals surface area contributed by atoms with Crippen molar-refractivity contribution in [1.82, 2.24) is 9.80 Å². The van der Waals surface area contributed by atoms with E-state index < -0.39 is 0 Å². The fourth-order valence-corrected chi connectivity index (χ4v) is 3.74. The lowest BCUT2D eigenvalue weighted by molar-refractivity contribution is -0.130. The Hall–Kier alpha value is -1.26.